The molecule has 0 unspecified atom stereocenters. The number of fused-ring (bicyclic) bond motifs is 5. The lowest BCUT2D eigenvalue weighted by molar-refractivity contribution is 0.596. The molecule has 5 aromatic carbocycles. The molecule has 1 aliphatic rings. The third-order valence-electron chi connectivity index (χ3n) is 6.94. The van der Waals surface area contributed by atoms with Gasteiger partial charge in [-0.05, 0) is 51.6 Å². The van der Waals surface area contributed by atoms with E-state index in [-0.39, 0.29) is 0 Å². The van der Waals surface area contributed by atoms with Gasteiger partial charge in [0.2, 0.25) is 0 Å². The maximum absolute atomic E-state index is 6.50. The lowest BCUT2D eigenvalue weighted by atomic mass is 9.85. The van der Waals surface area contributed by atoms with Crippen LogP contribution in [0, 0.1) is 0 Å². The maximum Gasteiger partial charge on any atom is 0.142 e. The van der Waals surface area contributed by atoms with Crippen LogP contribution in [0.1, 0.15) is 17.7 Å². The lowest BCUT2D eigenvalue weighted by Gasteiger charge is -2.17. The van der Waals surface area contributed by atoms with Crippen LogP contribution in [-0.2, 0) is 6.42 Å². The van der Waals surface area contributed by atoms with Gasteiger partial charge in [-0.15, -0.1) is 0 Å². The van der Waals surface area contributed by atoms with Crippen LogP contribution in [0.15, 0.2) is 108 Å². The number of hydrogen-bond donors (Lipinski definition) is 0. The van der Waals surface area contributed by atoms with Crippen molar-refractivity contribution < 1.29 is 4.42 Å². The van der Waals surface area contributed by atoms with Gasteiger partial charge in [0.15, 0.2) is 0 Å². The Kier molecular flexibility index (Phi) is 4.04. The van der Waals surface area contributed by atoms with Gasteiger partial charge in [-0.1, -0.05) is 103 Å². The van der Waals surface area contributed by atoms with Crippen LogP contribution in [0.25, 0.3) is 60.8 Å². The minimum atomic E-state index is 0.997. The maximum atomic E-state index is 6.50. The van der Waals surface area contributed by atoms with E-state index in [0.29, 0.717) is 0 Å². The van der Waals surface area contributed by atoms with Crippen LogP contribution in [0.2, 0.25) is 0 Å². The molecule has 0 saturated carbocycles. The van der Waals surface area contributed by atoms with Gasteiger partial charge in [-0.25, -0.2) is 0 Å². The summed E-state index contributed by atoms with van der Waals surface area (Å²) in [7, 11) is 0. The summed E-state index contributed by atoms with van der Waals surface area (Å²) in [5, 5.41) is 6.29. The molecule has 1 aromatic heterocycles. The quantitative estimate of drug-likeness (QED) is 0.254. The number of hydrogen-bond acceptors (Lipinski definition) is 1. The molecular weight excluding hydrogens is 400 g/mol. The van der Waals surface area contributed by atoms with Crippen molar-refractivity contribution in [1.29, 1.82) is 0 Å². The van der Waals surface area contributed by atoms with Crippen LogP contribution < -0.4 is 0 Å². The molecule has 0 amide bonds. The van der Waals surface area contributed by atoms with Crippen LogP contribution >= 0.6 is 0 Å². The highest BCUT2D eigenvalue weighted by atomic mass is 16.3. The molecule has 1 nitrogen and oxygen atoms in total. The summed E-state index contributed by atoms with van der Waals surface area (Å²) < 4.78 is 6.50. The Morgan fingerprint density at radius 1 is 0.545 bits per heavy atom. The Balaban J connectivity index is 1.66. The molecule has 0 N–H and O–H groups in total. The number of aryl methyl sites for hydroxylation is 1. The molecule has 1 heteroatoms. The van der Waals surface area contributed by atoms with Crippen molar-refractivity contribution in [2.24, 2.45) is 0 Å². The molecule has 156 valence electrons. The van der Waals surface area contributed by atoms with Crippen molar-refractivity contribution in [2.75, 3.05) is 0 Å². The van der Waals surface area contributed by atoms with Crippen molar-refractivity contribution in [3.05, 3.63) is 114 Å². The predicted octanol–water partition coefficient (Wildman–Crippen LogP) is 9.03. The molecule has 33 heavy (non-hydrogen) atoms. The van der Waals surface area contributed by atoms with Crippen molar-refractivity contribution >= 4 is 38.6 Å². The Hall–Kier alpha value is -4.10. The summed E-state index contributed by atoms with van der Waals surface area (Å²) in [5.41, 5.74) is 7.29. The summed E-state index contributed by atoms with van der Waals surface area (Å²) in [6, 6.07) is 34.9. The average molecular weight is 423 g/mol. The molecule has 0 radical (unpaired) electrons. The van der Waals surface area contributed by atoms with Gasteiger partial charge in [0.1, 0.15) is 11.3 Å². The number of furan rings is 1. The van der Waals surface area contributed by atoms with Crippen LogP contribution in [0.5, 0.6) is 0 Å². The number of allylic oxidation sites excluding steroid dienone is 1. The van der Waals surface area contributed by atoms with Gasteiger partial charge >= 0.3 is 0 Å². The topological polar surface area (TPSA) is 13.1 Å². The Bertz CT molecular complexity index is 1640. The molecular formula is C32H22O. The van der Waals surface area contributed by atoms with E-state index in [9.17, 15) is 0 Å². The Morgan fingerprint density at radius 3 is 1.85 bits per heavy atom. The third-order valence-corrected chi connectivity index (χ3v) is 6.94. The summed E-state index contributed by atoms with van der Waals surface area (Å²) in [4.78, 5) is 0. The van der Waals surface area contributed by atoms with E-state index in [1.165, 1.54) is 54.7 Å². The minimum Gasteiger partial charge on any atom is -0.456 e. The predicted molar refractivity (Wildman–Crippen MR) is 139 cm³/mol. The second-order valence-corrected chi connectivity index (χ2v) is 8.78. The van der Waals surface area contributed by atoms with Crippen LogP contribution in [-0.4, -0.2) is 0 Å². The summed E-state index contributed by atoms with van der Waals surface area (Å²) >= 11 is 0. The van der Waals surface area contributed by atoms with E-state index in [2.05, 4.69) is 109 Å². The fourth-order valence-electron chi connectivity index (χ4n) is 5.53. The lowest BCUT2D eigenvalue weighted by Crippen LogP contribution is -1.91. The van der Waals surface area contributed by atoms with Gasteiger partial charge in [0.05, 0.1) is 0 Å². The van der Waals surface area contributed by atoms with Gasteiger partial charge in [0, 0.05) is 22.1 Å². The first-order valence-electron chi connectivity index (χ1n) is 11.6. The van der Waals surface area contributed by atoms with Crippen molar-refractivity contribution in [2.45, 2.75) is 12.8 Å². The number of para-hydroxylation sites is 1. The molecule has 6 aromatic rings. The van der Waals surface area contributed by atoms with E-state index in [1.807, 2.05) is 0 Å². The molecule has 1 aliphatic carbocycles. The third kappa shape index (κ3) is 2.72. The zero-order valence-electron chi connectivity index (χ0n) is 18.2. The highest BCUT2D eigenvalue weighted by Gasteiger charge is 2.21. The van der Waals surface area contributed by atoms with Gasteiger partial charge in [0.25, 0.3) is 0 Å². The summed E-state index contributed by atoms with van der Waals surface area (Å²) in [5.74, 6) is 1.01. The molecule has 0 aliphatic heterocycles. The number of benzene rings is 5. The van der Waals surface area contributed by atoms with E-state index in [4.69, 9.17) is 4.42 Å². The smallest absolute Gasteiger partial charge is 0.142 e. The molecule has 1 heterocycles. The first kappa shape index (κ1) is 18.5. The zero-order chi connectivity index (χ0) is 21.8. The second kappa shape index (κ2) is 7.21. The zero-order valence-corrected chi connectivity index (χ0v) is 18.2. The number of rotatable bonds is 2. The molecule has 0 spiro atoms. The first-order chi connectivity index (χ1) is 16.4. The largest absolute Gasteiger partial charge is 0.456 e. The van der Waals surface area contributed by atoms with Crippen LogP contribution in [0.4, 0.5) is 0 Å². The van der Waals surface area contributed by atoms with Gasteiger partial charge in [-0.3, -0.25) is 0 Å². The van der Waals surface area contributed by atoms with E-state index < -0.39 is 0 Å². The summed E-state index contributed by atoms with van der Waals surface area (Å²) in [6.45, 7) is 0. The Morgan fingerprint density at radius 2 is 1.15 bits per heavy atom. The van der Waals surface area contributed by atoms with Crippen LogP contribution in [0.3, 0.4) is 0 Å². The molecule has 0 atom stereocenters. The molecule has 7 rings (SSSR count). The monoisotopic (exact) mass is 422 g/mol. The van der Waals surface area contributed by atoms with E-state index in [0.717, 1.165) is 24.2 Å². The van der Waals surface area contributed by atoms with Crippen molar-refractivity contribution in [3.8, 4) is 22.3 Å². The minimum absolute atomic E-state index is 0.997. The van der Waals surface area contributed by atoms with Crippen molar-refractivity contribution in [3.63, 3.8) is 0 Å². The molecule has 0 saturated heterocycles. The average Bonchev–Trinajstić information content (AvgIpc) is 3.27. The highest BCUT2D eigenvalue weighted by molar-refractivity contribution is 6.23. The first-order valence-corrected chi connectivity index (χ1v) is 11.6. The van der Waals surface area contributed by atoms with Crippen molar-refractivity contribution in [1.82, 2.24) is 0 Å². The van der Waals surface area contributed by atoms with E-state index in [1.54, 1.807) is 0 Å². The Labute approximate surface area is 192 Å². The highest BCUT2D eigenvalue weighted by Crippen LogP contribution is 2.46. The van der Waals surface area contributed by atoms with Gasteiger partial charge in [-0.2, -0.15) is 0 Å². The fourth-order valence-corrected chi connectivity index (χ4v) is 5.53. The SMILES string of the molecule is C1=Cc2oc3c(-c4c5ccccc5c(-c5ccccc5)c5ccccc45)cccc3c2CC1. The molecule has 0 fully saturated rings. The van der Waals surface area contributed by atoms with Gasteiger partial charge < -0.3 is 4.42 Å². The van der Waals surface area contributed by atoms with E-state index >= 15 is 0 Å². The molecule has 0 bridgehead atoms. The fraction of sp³-hybridized carbons (Fsp3) is 0.0625. The standard InChI is InChI=1S/C32H22O/c1-2-11-21(12-3-1)30-23-14-4-6-16-25(23)31(26-17-7-5-15-24(26)30)28-19-10-18-27-22-13-8-9-20-29(22)33-32(27)28/h1-7,9-12,14-20H,8,13H2. The second-order valence-electron chi connectivity index (χ2n) is 8.78. The summed E-state index contributed by atoms with van der Waals surface area (Å²) in [6.07, 6.45) is 6.46. The normalized spacial score (nSPS) is 13.1.